The minimum absolute atomic E-state index is 0.0451. The molecule has 4 nitrogen and oxygen atoms in total. The second-order valence-corrected chi connectivity index (χ2v) is 9.16. The summed E-state index contributed by atoms with van der Waals surface area (Å²) in [5.74, 6) is 0.0800. The van der Waals surface area contributed by atoms with Gasteiger partial charge in [-0.3, -0.25) is 0 Å². The summed E-state index contributed by atoms with van der Waals surface area (Å²) < 4.78 is 81.0. The van der Waals surface area contributed by atoms with Crippen molar-refractivity contribution in [2.75, 3.05) is 17.6 Å². The van der Waals surface area contributed by atoms with Crippen molar-refractivity contribution in [3.8, 4) is 0 Å². The molecule has 0 saturated heterocycles. The average molecular weight is 448 g/mol. The van der Waals surface area contributed by atoms with E-state index in [1.54, 1.807) is 34.6 Å². The summed E-state index contributed by atoms with van der Waals surface area (Å²) in [5.41, 5.74) is 1.46. The monoisotopic (exact) mass is 448 g/mol. The lowest BCUT2D eigenvalue weighted by molar-refractivity contribution is -0.140. The van der Waals surface area contributed by atoms with Crippen LogP contribution in [0.15, 0.2) is 18.2 Å². The number of aromatic nitrogens is 2. The molecule has 2 heterocycles. The lowest BCUT2D eigenvalue weighted by Crippen LogP contribution is -2.33. The molecule has 0 unspecified atom stereocenters. The second kappa shape index (κ2) is 7.87. The quantitative estimate of drug-likeness (QED) is 0.556. The molecule has 172 valence electrons. The van der Waals surface area contributed by atoms with Gasteiger partial charge < -0.3 is 11.1 Å². The molecule has 2 rings (SSSR count). The van der Waals surface area contributed by atoms with Crippen LogP contribution in [0.1, 0.15) is 62.7 Å². The van der Waals surface area contributed by atoms with E-state index in [9.17, 15) is 26.3 Å². The van der Waals surface area contributed by atoms with Crippen LogP contribution in [0.3, 0.4) is 0 Å². The molecule has 3 N–H and O–H groups in total. The Morgan fingerprint density at radius 2 is 1.45 bits per heavy atom. The van der Waals surface area contributed by atoms with Gasteiger partial charge in [-0.25, -0.2) is 9.97 Å². The zero-order valence-electron chi connectivity index (χ0n) is 18.2. The van der Waals surface area contributed by atoms with E-state index >= 15 is 0 Å². The summed E-state index contributed by atoms with van der Waals surface area (Å²) in [5, 5.41) is 2.87. The summed E-state index contributed by atoms with van der Waals surface area (Å²) in [6, 6.07) is 3.24. The van der Waals surface area contributed by atoms with Crippen molar-refractivity contribution in [3.05, 3.63) is 46.3 Å². The van der Waals surface area contributed by atoms with Gasteiger partial charge in [-0.05, 0) is 30.7 Å². The molecule has 2 aromatic rings. The van der Waals surface area contributed by atoms with Crippen LogP contribution < -0.4 is 11.1 Å². The average Bonchev–Trinajstić information content (AvgIpc) is 2.56. The Morgan fingerprint density at radius 1 is 0.871 bits per heavy atom. The maximum atomic E-state index is 13.7. The number of hydrogen-bond donors (Lipinski definition) is 2. The molecule has 0 aliphatic heterocycles. The molecule has 0 aliphatic rings. The topological polar surface area (TPSA) is 63.8 Å². The third-order valence-electron chi connectivity index (χ3n) is 4.78. The number of nitrogen functional groups attached to an aromatic ring is 1. The molecule has 0 aromatic carbocycles. The number of rotatable bonds is 4. The van der Waals surface area contributed by atoms with Crippen LogP contribution in [0.2, 0.25) is 0 Å². The second-order valence-electron chi connectivity index (χ2n) is 9.16. The standard InChI is InChI=1S/C21H26F6N4/c1-11-9-13(28)30-17(15(11)21(25,26)27)19(5,6)10-29-14-8-7-12(20(22,23)24)16(31-14)18(2,3)4/h7-9H,10H2,1-6H3,(H2,28,30)(H,29,31). The van der Waals surface area contributed by atoms with Crippen molar-refractivity contribution >= 4 is 11.6 Å². The number of nitrogens with zero attached hydrogens (tertiary/aromatic N) is 2. The number of halogens is 6. The SMILES string of the molecule is Cc1cc(N)nc(C(C)(C)CNc2ccc(C(F)(F)F)c(C(C)(C)C)n2)c1C(F)(F)F. The van der Waals surface area contributed by atoms with Gasteiger partial charge in [0.05, 0.1) is 22.5 Å². The van der Waals surface area contributed by atoms with Crippen LogP contribution in [0.4, 0.5) is 38.0 Å². The van der Waals surface area contributed by atoms with Gasteiger partial charge in [0.1, 0.15) is 11.6 Å². The number of pyridine rings is 2. The Hall–Kier alpha value is -2.52. The zero-order valence-corrected chi connectivity index (χ0v) is 18.2. The first-order chi connectivity index (χ1) is 13.8. The minimum atomic E-state index is -4.64. The van der Waals surface area contributed by atoms with Crippen LogP contribution in [0.5, 0.6) is 0 Å². The minimum Gasteiger partial charge on any atom is -0.384 e. The Labute approximate surface area is 177 Å². The van der Waals surface area contributed by atoms with Gasteiger partial charge in [-0.15, -0.1) is 0 Å². The molecule has 2 aromatic heterocycles. The number of nitrogens with one attached hydrogen (secondary N) is 1. The van der Waals surface area contributed by atoms with Gasteiger partial charge in [0.25, 0.3) is 0 Å². The Kier molecular flexibility index (Phi) is 6.28. The van der Waals surface area contributed by atoms with E-state index in [1.807, 2.05) is 0 Å². The first-order valence-corrected chi connectivity index (χ1v) is 9.51. The lowest BCUT2D eigenvalue weighted by Gasteiger charge is -2.29. The van der Waals surface area contributed by atoms with Crippen molar-refractivity contribution in [1.29, 1.82) is 0 Å². The summed E-state index contributed by atoms with van der Waals surface area (Å²) in [7, 11) is 0. The molecule has 0 radical (unpaired) electrons. The highest BCUT2D eigenvalue weighted by atomic mass is 19.4. The van der Waals surface area contributed by atoms with E-state index in [2.05, 4.69) is 15.3 Å². The predicted octanol–water partition coefficient (Wildman–Crippen LogP) is 6.09. The van der Waals surface area contributed by atoms with Crippen LogP contribution >= 0.6 is 0 Å². The number of aryl methyl sites for hydroxylation is 1. The first-order valence-electron chi connectivity index (χ1n) is 9.51. The Balaban J connectivity index is 2.44. The number of hydrogen-bond acceptors (Lipinski definition) is 4. The van der Waals surface area contributed by atoms with Gasteiger partial charge in [-0.2, -0.15) is 26.3 Å². The highest BCUT2D eigenvalue weighted by Crippen LogP contribution is 2.40. The van der Waals surface area contributed by atoms with Gasteiger partial charge >= 0.3 is 12.4 Å². The van der Waals surface area contributed by atoms with Crippen LogP contribution in [-0.2, 0) is 23.2 Å². The van der Waals surface area contributed by atoms with Gasteiger partial charge in [0, 0.05) is 17.4 Å². The van der Waals surface area contributed by atoms with Crippen LogP contribution in [0.25, 0.3) is 0 Å². The fourth-order valence-corrected chi connectivity index (χ4v) is 3.30. The zero-order chi connectivity index (χ0) is 24.0. The molecular weight excluding hydrogens is 422 g/mol. The number of alkyl halides is 6. The van der Waals surface area contributed by atoms with E-state index < -0.39 is 34.3 Å². The molecule has 0 saturated carbocycles. The first kappa shape index (κ1) is 24.7. The smallest absolute Gasteiger partial charge is 0.384 e. The van der Waals surface area contributed by atoms with Crippen molar-refractivity contribution in [2.45, 2.75) is 64.7 Å². The van der Waals surface area contributed by atoms with Crippen LogP contribution in [-0.4, -0.2) is 16.5 Å². The molecule has 0 bridgehead atoms. The maximum Gasteiger partial charge on any atom is 0.418 e. The van der Waals surface area contributed by atoms with Crippen molar-refractivity contribution in [3.63, 3.8) is 0 Å². The van der Waals surface area contributed by atoms with Crippen LogP contribution in [0, 0.1) is 6.92 Å². The highest BCUT2D eigenvalue weighted by molar-refractivity contribution is 5.47. The summed E-state index contributed by atoms with van der Waals surface area (Å²) in [6.07, 6.45) is -9.21. The van der Waals surface area contributed by atoms with Gasteiger partial charge in [0.2, 0.25) is 0 Å². The van der Waals surface area contributed by atoms with E-state index in [0.717, 1.165) is 18.2 Å². The third kappa shape index (κ3) is 5.59. The van der Waals surface area contributed by atoms with Crippen molar-refractivity contribution < 1.29 is 26.3 Å². The molecule has 31 heavy (non-hydrogen) atoms. The van der Waals surface area contributed by atoms with E-state index in [1.165, 1.54) is 6.92 Å². The number of nitrogens with two attached hydrogens (primary N) is 1. The summed E-state index contributed by atoms with van der Waals surface area (Å²) in [4.78, 5) is 8.05. The Bertz CT molecular complexity index is 956. The van der Waals surface area contributed by atoms with E-state index in [4.69, 9.17) is 5.73 Å². The van der Waals surface area contributed by atoms with Gasteiger partial charge in [-0.1, -0.05) is 34.6 Å². The van der Waals surface area contributed by atoms with Gasteiger partial charge in [0.15, 0.2) is 0 Å². The molecule has 10 heteroatoms. The summed E-state index contributed by atoms with van der Waals surface area (Å²) in [6.45, 7) is 9.15. The Morgan fingerprint density at radius 3 is 1.94 bits per heavy atom. The molecule has 0 amide bonds. The maximum absolute atomic E-state index is 13.7. The fraction of sp³-hybridized carbons (Fsp3) is 0.524. The highest BCUT2D eigenvalue weighted by Gasteiger charge is 2.41. The molecule has 0 fully saturated rings. The third-order valence-corrected chi connectivity index (χ3v) is 4.78. The molecule has 0 aliphatic carbocycles. The van der Waals surface area contributed by atoms with E-state index in [-0.39, 0.29) is 35.1 Å². The van der Waals surface area contributed by atoms with Crippen molar-refractivity contribution in [1.82, 2.24) is 9.97 Å². The molecular formula is C21H26F6N4. The lowest BCUT2D eigenvalue weighted by atomic mass is 9.84. The normalized spacial score (nSPS) is 13.4. The predicted molar refractivity (Wildman–Crippen MR) is 108 cm³/mol. The van der Waals surface area contributed by atoms with E-state index in [0.29, 0.717) is 0 Å². The largest absolute Gasteiger partial charge is 0.418 e. The number of anilines is 2. The molecule has 0 spiro atoms. The summed E-state index contributed by atoms with van der Waals surface area (Å²) >= 11 is 0. The molecule has 0 atom stereocenters. The fourth-order valence-electron chi connectivity index (χ4n) is 3.30. The van der Waals surface area contributed by atoms with Crippen molar-refractivity contribution in [2.24, 2.45) is 0 Å².